The fraction of sp³-hybridized carbons (Fsp3) is 0.393. The SMILES string of the molecule is C=C(CCN(C)C[C@@H](C)c1ccc(OC)c(OC)c1)N1C=Cc2cc(OC)c(OC)cc2CC1=O. The Morgan fingerprint density at radius 2 is 1.63 bits per heavy atom. The highest BCUT2D eigenvalue weighted by molar-refractivity contribution is 5.85. The predicted molar refractivity (Wildman–Crippen MR) is 138 cm³/mol. The predicted octanol–water partition coefficient (Wildman–Crippen LogP) is 4.72. The number of nitrogens with zero attached hydrogens (tertiary/aromatic N) is 2. The van der Waals surface area contributed by atoms with Crippen molar-refractivity contribution in [2.24, 2.45) is 0 Å². The maximum Gasteiger partial charge on any atom is 0.235 e. The first-order valence-corrected chi connectivity index (χ1v) is 11.6. The molecule has 1 aliphatic heterocycles. The molecule has 35 heavy (non-hydrogen) atoms. The van der Waals surface area contributed by atoms with E-state index in [1.54, 1.807) is 39.5 Å². The summed E-state index contributed by atoms with van der Waals surface area (Å²) in [7, 11) is 8.56. The van der Waals surface area contributed by atoms with Crippen LogP contribution in [0.5, 0.6) is 23.0 Å². The smallest absolute Gasteiger partial charge is 0.235 e. The summed E-state index contributed by atoms with van der Waals surface area (Å²) in [6, 6.07) is 9.80. The fourth-order valence-electron chi connectivity index (χ4n) is 4.28. The van der Waals surface area contributed by atoms with Crippen LogP contribution in [0.2, 0.25) is 0 Å². The van der Waals surface area contributed by atoms with Crippen LogP contribution in [0.25, 0.3) is 6.08 Å². The second-order valence-electron chi connectivity index (χ2n) is 8.76. The highest BCUT2D eigenvalue weighted by atomic mass is 16.5. The number of carbonyl (C=O) groups is 1. The van der Waals surface area contributed by atoms with Crippen molar-refractivity contribution in [3.8, 4) is 23.0 Å². The Morgan fingerprint density at radius 3 is 2.29 bits per heavy atom. The Balaban J connectivity index is 1.60. The lowest BCUT2D eigenvalue weighted by Gasteiger charge is -2.25. The number of carbonyl (C=O) groups excluding carboxylic acids is 1. The quantitative estimate of drug-likeness (QED) is 0.464. The summed E-state index contributed by atoms with van der Waals surface area (Å²) in [6.45, 7) is 8.03. The Morgan fingerprint density at radius 1 is 1.00 bits per heavy atom. The van der Waals surface area contributed by atoms with Crippen LogP contribution in [0.3, 0.4) is 0 Å². The van der Waals surface area contributed by atoms with Crippen molar-refractivity contribution in [3.63, 3.8) is 0 Å². The molecule has 1 heterocycles. The minimum atomic E-state index is -0.0152. The van der Waals surface area contributed by atoms with Gasteiger partial charge in [-0.3, -0.25) is 9.69 Å². The molecule has 0 aliphatic carbocycles. The molecule has 3 rings (SSSR count). The third kappa shape index (κ3) is 6.17. The van der Waals surface area contributed by atoms with E-state index in [1.165, 1.54) is 5.56 Å². The molecule has 1 amide bonds. The molecular weight excluding hydrogens is 444 g/mol. The van der Waals surface area contributed by atoms with E-state index in [-0.39, 0.29) is 12.3 Å². The number of amides is 1. The van der Waals surface area contributed by atoms with E-state index in [0.29, 0.717) is 23.8 Å². The third-order valence-electron chi connectivity index (χ3n) is 6.34. The van der Waals surface area contributed by atoms with Crippen LogP contribution in [0.15, 0.2) is 48.8 Å². The van der Waals surface area contributed by atoms with Crippen LogP contribution >= 0.6 is 0 Å². The molecule has 7 heteroatoms. The van der Waals surface area contributed by atoms with Gasteiger partial charge in [0, 0.05) is 31.4 Å². The first-order valence-electron chi connectivity index (χ1n) is 11.6. The van der Waals surface area contributed by atoms with Gasteiger partial charge in [-0.05, 0) is 60.0 Å². The van der Waals surface area contributed by atoms with Crippen LogP contribution in [-0.4, -0.2) is 64.3 Å². The highest BCUT2D eigenvalue weighted by Gasteiger charge is 2.22. The number of hydrogen-bond donors (Lipinski definition) is 0. The monoisotopic (exact) mass is 480 g/mol. The molecule has 0 bridgehead atoms. The molecule has 0 saturated carbocycles. The van der Waals surface area contributed by atoms with E-state index in [0.717, 1.165) is 41.4 Å². The molecule has 0 fully saturated rings. The van der Waals surface area contributed by atoms with Crippen molar-refractivity contribution >= 4 is 12.0 Å². The van der Waals surface area contributed by atoms with Crippen molar-refractivity contribution in [1.29, 1.82) is 0 Å². The van der Waals surface area contributed by atoms with Crippen molar-refractivity contribution in [1.82, 2.24) is 9.80 Å². The van der Waals surface area contributed by atoms with Crippen molar-refractivity contribution in [2.45, 2.75) is 25.7 Å². The van der Waals surface area contributed by atoms with E-state index < -0.39 is 0 Å². The molecule has 2 aromatic rings. The second-order valence-corrected chi connectivity index (χ2v) is 8.76. The summed E-state index contributed by atoms with van der Waals surface area (Å²) in [5.41, 5.74) is 3.79. The molecule has 0 saturated heterocycles. The molecule has 0 radical (unpaired) electrons. The van der Waals surface area contributed by atoms with E-state index in [2.05, 4.69) is 31.5 Å². The van der Waals surface area contributed by atoms with E-state index in [1.807, 2.05) is 30.3 Å². The maximum absolute atomic E-state index is 13.0. The van der Waals surface area contributed by atoms with Gasteiger partial charge < -0.3 is 23.8 Å². The largest absolute Gasteiger partial charge is 0.493 e. The zero-order chi connectivity index (χ0) is 25.5. The van der Waals surface area contributed by atoms with Crippen molar-refractivity contribution in [2.75, 3.05) is 48.6 Å². The second kappa shape index (κ2) is 11.8. The van der Waals surface area contributed by atoms with Crippen LogP contribution in [0, 0.1) is 0 Å². The average Bonchev–Trinajstić information content (AvgIpc) is 3.03. The van der Waals surface area contributed by atoms with Gasteiger partial charge in [0.15, 0.2) is 23.0 Å². The summed E-state index contributed by atoms with van der Waals surface area (Å²) < 4.78 is 21.6. The van der Waals surface area contributed by atoms with Gasteiger partial charge in [-0.25, -0.2) is 0 Å². The Labute approximate surface area is 208 Å². The van der Waals surface area contributed by atoms with E-state index >= 15 is 0 Å². The van der Waals surface area contributed by atoms with Gasteiger partial charge >= 0.3 is 0 Å². The standard InChI is InChI=1S/C28H36N2O5/c1-19(21-8-9-24(32-4)25(14-21)33-5)18-29(3)12-10-20(2)30-13-11-22-15-26(34-6)27(35-7)16-23(22)17-28(30)31/h8-9,11,13-16,19H,2,10,12,17-18H2,1,3-7H3/t19-/m1/s1. The third-order valence-corrected chi connectivity index (χ3v) is 6.34. The minimum absolute atomic E-state index is 0.0152. The average molecular weight is 481 g/mol. The normalized spacial score (nSPS) is 13.8. The lowest BCUT2D eigenvalue weighted by atomic mass is 10.00. The highest BCUT2D eigenvalue weighted by Crippen LogP contribution is 2.33. The van der Waals surface area contributed by atoms with E-state index in [9.17, 15) is 4.79 Å². The number of ether oxygens (including phenoxy) is 4. The summed E-state index contributed by atoms with van der Waals surface area (Å²) in [6.07, 6.45) is 4.67. The Hall–Kier alpha value is -3.45. The summed E-state index contributed by atoms with van der Waals surface area (Å²) in [4.78, 5) is 16.9. The topological polar surface area (TPSA) is 60.5 Å². The Bertz CT molecular complexity index is 1090. The first kappa shape index (κ1) is 26.2. The molecule has 0 aromatic heterocycles. The molecule has 0 spiro atoms. The minimum Gasteiger partial charge on any atom is -0.493 e. The molecular formula is C28H36N2O5. The van der Waals surface area contributed by atoms with Crippen LogP contribution in [0.4, 0.5) is 0 Å². The number of fused-ring (bicyclic) bond motifs is 1. The van der Waals surface area contributed by atoms with Gasteiger partial charge in [-0.1, -0.05) is 19.6 Å². The molecule has 188 valence electrons. The lowest BCUT2D eigenvalue weighted by molar-refractivity contribution is -0.126. The number of hydrogen-bond acceptors (Lipinski definition) is 6. The molecule has 1 atom stereocenters. The zero-order valence-corrected chi connectivity index (χ0v) is 21.6. The number of rotatable bonds is 11. The van der Waals surface area contributed by atoms with Gasteiger partial charge in [0.05, 0.1) is 34.9 Å². The molecule has 0 N–H and O–H groups in total. The first-order chi connectivity index (χ1) is 16.8. The van der Waals surface area contributed by atoms with Crippen LogP contribution in [-0.2, 0) is 11.2 Å². The molecule has 7 nitrogen and oxygen atoms in total. The number of methoxy groups -OCH3 is 4. The van der Waals surface area contributed by atoms with Crippen LogP contribution in [0.1, 0.15) is 36.0 Å². The van der Waals surface area contributed by atoms with Crippen molar-refractivity contribution < 1.29 is 23.7 Å². The summed E-state index contributed by atoms with van der Waals surface area (Å²) in [5.74, 6) is 2.99. The molecule has 2 aromatic carbocycles. The molecule has 1 aliphatic rings. The summed E-state index contributed by atoms with van der Waals surface area (Å²) in [5, 5.41) is 0. The van der Waals surface area contributed by atoms with Crippen molar-refractivity contribution in [3.05, 3.63) is 65.5 Å². The lowest BCUT2D eigenvalue weighted by Crippen LogP contribution is -2.29. The Kier molecular flexibility index (Phi) is 8.82. The van der Waals surface area contributed by atoms with Crippen LogP contribution < -0.4 is 18.9 Å². The zero-order valence-electron chi connectivity index (χ0n) is 21.6. The maximum atomic E-state index is 13.0. The fourth-order valence-corrected chi connectivity index (χ4v) is 4.28. The number of likely N-dealkylation sites (N-methyl/N-ethyl adjacent to an activating group) is 1. The van der Waals surface area contributed by atoms with Gasteiger partial charge in [0.1, 0.15) is 0 Å². The van der Waals surface area contributed by atoms with E-state index in [4.69, 9.17) is 18.9 Å². The number of benzene rings is 2. The van der Waals surface area contributed by atoms with Gasteiger partial charge in [-0.2, -0.15) is 0 Å². The summed E-state index contributed by atoms with van der Waals surface area (Å²) >= 11 is 0. The van der Waals surface area contributed by atoms with Gasteiger partial charge in [-0.15, -0.1) is 0 Å². The van der Waals surface area contributed by atoms with Gasteiger partial charge in [0.25, 0.3) is 0 Å². The van der Waals surface area contributed by atoms with Gasteiger partial charge in [0.2, 0.25) is 5.91 Å². The molecule has 0 unspecified atom stereocenters.